The smallest absolute Gasteiger partial charge is 0.258 e. The van der Waals surface area contributed by atoms with Gasteiger partial charge in [-0.3, -0.25) is 9.59 Å². The Morgan fingerprint density at radius 3 is 2.46 bits per heavy atom. The molecule has 138 valence electrons. The molecule has 2 amide bonds. The summed E-state index contributed by atoms with van der Waals surface area (Å²) in [6, 6.07) is 16.9. The Morgan fingerprint density at radius 1 is 1.00 bits per heavy atom. The number of unbranched alkanes of at least 4 members (excludes halogenated alkanes) is 1. The number of anilines is 2. The molecule has 0 atom stereocenters. The maximum absolute atomic E-state index is 12.9. The van der Waals surface area contributed by atoms with Crippen LogP contribution in [-0.2, 0) is 4.79 Å². The largest absolute Gasteiger partial charge is 0.376 e. The van der Waals surface area contributed by atoms with Crippen LogP contribution >= 0.6 is 0 Å². The lowest BCUT2D eigenvalue weighted by Gasteiger charge is -2.21. The Hall–Kier alpha value is -2.82. The highest BCUT2D eigenvalue weighted by atomic mass is 16.2. The van der Waals surface area contributed by atoms with E-state index in [2.05, 4.69) is 17.6 Å². The van der Waals surface area contributed by atoms with Gasteiger partial charge in [-0.25, -0.2) is 0 Å². The predicted molar refractivity (Wildman–Crippen MR) is 107 cm³/mol. The maximum Gasteiger partial charge on any atom is 0.258 e. The summed E-state index contributed by atoms with van der Waals surface area (Å²) in [5.41, 5.74) is 2.21. The van der Waals surface area contributed by atoms with Gasteiger partial charge in [0.25, 0.3) is 5.91 Å². The summed E-state index contributed by atoms with van der Waals surface area (Å²) in [7, 11) is 0. The molecule has 2 aromatic carbocycles. The number of hydrogen-bond donors (Lipinski definition) is 2. The molecule has 26 heavy (non-hydrogen) atoms. The van der Waals surface area contributed by atoms with Crippen LogP contribution < -0.4 is 15.5 Å². The van der Waals surface area contributed by atoms with Crippen LogP contribution in [0, 0.1) is 0 Å². The van der Waals surface area contributed by atoms with E-state index in [-0.39, 0.29) is 18.4 Å². The van der Waals surface area contributed by atoms with E-state index in [0.717, 1.165) is 24.2 Å². The van der Waals surface area contributed by atoms with E-state index in [4.69, 9.17) is 0 Å². The van der Waals surface area contributed by atoms with Gasteiger partial charge in [-0.05, 0) is 43.7 Å². The number of para-hydroxylation sites is 1. The van der Waals surface area contributed by atoms with Crippen LogP contribution in [0.5, 0.6) is 0 Å². The molecule has 0 aliphatic carbocycles. The minimum atomic E-state index is -0.0604. The monoisotopic (exact) mass is 353 g/mol. The molecule has 0 saturated carbocycles. The van der Waals surface area contributed by atoms with Crippen LogP contribution in [0.15, 0.2) is 54.6 Å². The lowest BCUT2D eigenvalue weighted by molar-refractivity contribution is -0.119. The summed E-state index contributed by atoms with van der Waals surface area (Å²) >= 11 is 0. The summed E-state index contributed by atoms with van der Waals surface area (Å²) in [5.74, 6) is -0.107. The van der Waals surface area contributed by atoms with Crippen LogP contribution in [0.4, 0.5) is 11.4 Å². The van der Waals surface area contributed by atoms with Gasteiger partial charge in [0, 0.05) is 30.0 Å². The van der Waals surface area contributed by atoms with Crippen molar-refractivity contribution in [2.75, 3.05) is 29.9 Å². The molecule has 0 heterocycles. The fraction of sp³-hybridized carbons (Fsp3) is 0.333. The number of rotatable bonds is 9. The minimum absolute atomic E-state index is 0.0466. The Bertz CT molecular complexity index is 716. The molecule has 0 bridgehead atoms. The van der Waals surface area contributed by atoms with Crippen molar-refractivity contribution in [1.29, 1.82) is 0 Å². The second kappa shape index (κ2) is 10.2. The van der Waals surface area contributed by atoms with E-state index in [1.165, 1.54) is 0 Å². The number of nitrogens with zero attached hydrogens (tertiary/aromatic N) is 1. The van der Waals surface area contributed by atoms with Crippen molar-refractivity contribution in [3.8, 4) is 0 Å². The molecule has 0 unspecified atom stereocenters. The number of benzene rings is 2. The minimum Gasteiger partial charge on any atom is -0.376 e. The van der Waals surface area contributed by atoms with E-state index in [1.807, 2.05) is 49.4 Å². The lowest BCUT2D eigenvalue weighted by atomic mass is 10.1. The zero-order valence-corrected chi connectivity index (χ0v) is 15.5. The van der Waals surface area contributed by atoms with Crippen molar-refractivity contribution >= 4 is 23.2 Å². The molecule has 0 aliphatic rings. The second-order valence-corrected chi connectivity index (χ2v) is 6.02. The van der Waals surface area contributed by atoms with Crippen molar-refractivity contribution < 1.29 is 9.59 Å². The molecule has 5 nitrogen and oxygen atoms in total. The van der Waals surface area contributed by atoms with Crippen molar-refractivity contribution in [1.82, 2.24) is 5.32 Å². The first-order valence-electron chi connectivity index (χ1n) is 9.13. The standard InChI is InChI=1S/C21H27N3O2/c1-3-5-14-22-20(25)16-23-18-11-9-10-17(15-18)21(26)24(4-2)19-12-7-6-8-13-19/h6-13,15,23H,3-5,14,16H2,1-2H3,(H,22,25). The zero-order valence-electron chi connectivity index (χ0n) is 15.5. The van der Waals surface area contributed by atoms with Gasteiger partial charge in [-0.15, -0.1) is 0 Å². The normalized spacial score (nSPS) is 10.2. The molecule has 0 aliphatic heterocycles. The van der Waals surface area contributed by atoms with E-state index in [0.29, 0.717) is 18.7 Å². The van der Waals surface area contributed by atoms with Crippen molar-refractivity contribution in [2.24, 2.45) is 0 Å². The fourth-order valence-electron chi connectivity index (χ4n) is 2.62. The van der Waals surface area contributed by atoms with Crippen LogP contribution in [0.3, 0.4) is 0 Å². The van der Waals surface area contributed by atoms with Gasteiger partial charge in [-0.1, -0.05) is 37.6 Å². The van der Waals surface area contributed by atoms with Gasteiger partial charge >= 0.3 is 0 Å². The molecule has 2 aromatic rings. The van der Waals surface area contributed by atoms with Crippen molar-refractivity contribution in [3.63, 3.8) is 0 Å². The Kier molecular flexibility index (Phi) is 7.68. The SMILES string of the molecule is CCCCNC(=O)CNc1cccc(C(=O)N(CC)c2ccccc2)c1. The molecule has 5 heteroatoms. The maximum atomic E-state index is 12.9. The van der Waals surface area contributed by atoms with Gasteiger partial charge < -0.3 is 15.5 Å². The fourth-order valence-corrected chi connectivity index (χ4v) is 2.62. The number of amides is 2. The third-order valence-electron chi connectivity index (χ3n) is 4.04. The average Bonchev–Trinajstić information content (AvgIpc) is 2.68. The summed E-state index contributed by atoms with van der Waals surface area (Å²) in [5, 5.41) is 5.94. The number of hydrogen-bond acceptors (Lipinski definition) is 3. The van der Waals surface area contributed by atoms with E-state index < -0.39 is 0 Å². The zero-order chi connectivity index (χ0) is 18.8. The summed E-state index contributed by atoms with van der Waals surface area (Å²) in [6.07, 6.45) is 2.02. The van der Waals surface area contributed by atoms with Gasteiger partial charge in [0.1, 0.15) is 0 Å². The molecule has 2 rings (SSSR count). The average molecular weight is 353 g/mol. The first-order valence-corrected chi connectivity index (χ1v) is 9.13. The molecule has 0 saturated heterocycles. The van der Waals surface area contributed by atoms with Gasteiger partial charge in [0.2, 0.25) is 5.91 Å². The summed E-state index contributed by atoms with van der Waals surface area (Å²) < 4.78 is 0. The third kappa shape index (κ3) is 5.62. The first kappa shape index (κ1) is 19.5. The van der Waals surface area contributed by atoms with Gasteiger partial charge in [-0.2, -0.15) is 0 Å². The van der Waals surface area contributed by atoms with Gasteiger partial charge in [0.05, 0.1) is 6.54 Å². The lowest BCUT2D eigenvalue weighted by Crippen LogP contribution is -2.31. The predicted octanol–water partition coefficient (Wildman–Crippen LogP) is 3.68. The number of carbonyl (C=O) groups excluding carboxylic acids is 2. The van der Waals surface area contributed by atoms with E-state index >= 15 is 0 Å². The Balaban J connectivity index is 2.01. The van der Waals surface area contributed by atoms with Crippen molar-refractivity contribution in [3.05, 3.63) is 60.2 Å². The summed E-state index contributed by atoms with van der Waals surface area (Å²) in [6.45, 7) is 5.51. The topological polar surface area (TPSA) is 61.4 Å². The Morgan fingerprint density at radius 2 is 1.77 bits per heavy atom. The van der Waals surface area contributed by atoms with E-state index in [9.17, 15) is 9.59 Å². The van der Waals surface area contributed by atoms with Crippen LogP contribution in [-0.4, -0.2) is 31.4 Å². The first-order chi connectivity index (χ1) is 12.7. The quantitative estimate of drug-likeness (QED) is 0.676. The summed E-state index contributed by atoms with van der Waals surface area (Å²) in [4.78, 5) is 26.4. The third-order valence-corrected chi connectivity index (χ3v) is 4.04. The van der Waals surface area contributed by atoms with Crippen molar-refractivity contribution in [2.45, 2.75) is 26.7 Å². The molecule has 0 aromatic heterocycles. The molecular formula is C21H27N3O2. The Labute approximate surface area is 155 Å². The number of nitrogens with one attached hydrogen (secondary N) is 2. The molecule has 0 radical (unpaired) electrons. The highest BCUT2D eigenvalue weighted by Gasteiger charge is 2.16. The molecule has 0 spiro atoms. The highest BCUT2D eigenvalue weighted by molar-refractivity contribution is 6.06. The molecule has 0 fully saturated rings. The van der Waals surface area contributed by atoms with Crippen LogP contribution in [0.2, 0.25) is 0 Å². The van der Waals surface area contributed by atoms with Crippen LogP contribution in [0.25, 0.3) is 0 Å². The van der Waals surface area contributed by atoms with Crippen LogP contribution in [0.1, 0.15) is 37.0 Å². The highest BCUT2D eigenvalue weighted by Crippen LogP contribution is 2.18. The van der Waals surface area contributed by atoms with E-state index in [1.54, 1.807) is 17.0 Å². The molecular weight excluding hydrogens is 326 g/mol. The number of carbonyl (C=O) groups is 2. The second-order valence-electron chi connectivity index (χ2n) is 6.02. The molecule has 2 N–H and O–H groups in total. The van der Waals surface area contributed by atoms with Gasteiger partial charge in [0.15, 0.2) is 0 Å².